The van der Waals surface area contributed by atoms with E-state index in [0.29, 0.717) is 22.6 Å². The van der Waals surface area contributed by atoms with Crippen LogP contribution >= 0.6 is 0 Å². The lowest BCUT2D eigenvalue weighted by atomic mass is 10.0. The van der Waals surface area contributed by atoms with Crippen molar-refractivity contribution >= 4 is 17.3 Å². The minimum atomic E-state index is -1.02. The number of amidine groups is 1. The average Bonchev–Trinajstić information content (AvgIpc) is 3.25. The lowest BCUT2D eigenvalue weighted by molar-refractivity contribution is 0.393. The first-order chi connectivity index (χ1) is 13.0. The molecule has 4 N–H and O–H groups in total. The SMILES string of the molecule is Cc1noc(C)c1-c1cnc(N)c(C2=NNNN2c2cccc(F)c2F)c1. The van der Waals surface area contributed by atoms with Crippen molar-refractivity contribution in [3.63, 3.8) is 0 Å². The van der Waals surface area contributed by atoms with Crippen LogP contribution in [0.25, 0.3) is 11.1 Å². The number of nitrogens with two attached hydrogens (primary N) is 1. The summed E-state index contributed by atoms with van der Waals surface area (Å²) in [5, 5.41) is 9.28. The standard InChI is InChI=1S/C17H15F2N7O/c1-8-14(9(2)27-23-8)10-6-11(16(20)21-7-10)17-22-24-25-26(17)13-5-3-4-12(18)15(13)19/h3-7,24-25H,1-2H3,(H2,20,21). The van der Waals surface area contributed by atoms with Gasteiger partial charge in [0.15, 0.2) is 17.5 Å². The highest BCUT2D eigenvalue weighted by atomic mass is 19.2. The molecule has 27 heavy (non-hydrogen) atoms. The minimum Gasteiger partial charge on any atom is -0.383 e. The number of aromatic nitrogens is 2. The van der Waals surface area contributed by atoms with Gasteiger partial charge in [-0.3, -0.25) is 0 Å². The van der Waals surface area contributed by atoms with E-state index in [1.165, 1.54) is 17.1 Å². The number of benzene rings is 1. The van der Waals surface area contributed by atoms with Crippen LogP contribution in [0, 0.1) is 25.5 Å². The molecule has 10 heteroatoms. The van der Waals surface area contributed by atoms with Gasteiger partial charge in [-0.2, -0.15) is 0 Å². The summed E-state index contributed by atoms with van der Waals surface area (Å²) in [5.41, 5.74) is 13.8. The molecule has 0 spiro atoms. The Hall–Kier alpha value is -3.53. The van der Waals surface area contributed by atoms with Gasteiger partial charge in [-0.15, -0.1) is 10.6 Å². The van der Waals surface area contributed by atoms with Crippen LogP contribution in [-0.4, -0.2) is 16.0 Å². The summed E-state index contributed by atoms with van der Waals surface area (Å²) in [7, 11) is 0. The molecule has 3 aromatic rings. The summed E-state index contributed by atoms with van der Waals surface area (Å²) < 4.78 is 33.1. The lowest BCUT2D eigenvalue weighted by Gasteiger charge is -2.20. The number of nitrogens with one attached hydrogen (secondary N) is 2. The Morgan fingerprint density at radius 2 is 2.04 bits per heavy atom. The van der Waals surface area contributed by atoms with Gasteiger partial charge in [0.2, 0.25) is 0 Å². The van der Waals surface area contributed by atoms with Gasteiger partial charge < -0.3 is 10.3 Å². The number of hydrazine groups is 2. The van der Waals surface area contributed by atoms with Crippen LogP contribution < -0.4 is 21.8 Å². The number of pyridine rings is 1. The number of nitrogens with zero attached hydrogens (tertiary/aromatic N) is 4. The third-order valence-corrected chi connectivity index (χ3v) is 4.19. The monoisotopic (exact) mass is 371 g/mol. The van der Waals surface area contributed by atoms with E-state index in [1.54, 1.807) is 19.2 Å². The molecule has 0 aliphatic carbocycles. The first-order valence-electron chi connectivity index (χ1n) is 7.99. The highest BCUT2D eigenvalue weighted by molar-refractivity contribution is 6.13. The van der Waals surface area contributed by atoms with Gasteiger partial charge >= 0.3 is 0 Å². The maximum Gasteiger partial charge on any atom is 0.184 e. The summed E-state index contributed by atoms with van der Waals surface area (Å²) >= 11 is 0. The molecular formula is C17H15F2N7O. The number of rotatable bonds is 3. The van der Waals surface area contributed by atoms with Gasteiger partial charge in [-0.1, -0.05) is 11.2 Å². The van der Waals surface area contributed by atoms with Crippen LogP contribution in [0.4, 0.5) is 20.3 Å². The molecule has 0 amide bonds. The van der Waals surface area contributed by atoms with E-state index in [0.717, 1.165) is 11.6 Å². The van der Waals surface area contributed by atoms with Crippen molar-refractivity contribution in [3.8, 4) is 11.1 Å². The predicted molar refractivity (Wildman–Crippen MR) is 95.3 cm³/mol. The summed E-state index contributed by atoms with van der Waals surface area (Å²) in [6.45, 7) is 3.60. The van der Waals surface area contributed by atoms with Crippen molar-refractivity contribution in [1.29, 1.82) is 0 Å². The normalized spacial score (nSPS) is 13.6. The van der Waals surface area contributed by atoms with E-state index in [2.05, 4.69) is 26.3 Å². The van der Waals surface area contributed by atoms with Crippen LogP contribution in [0.3, 0.4) is 0 Å². The number of anilines is 2. The predicted octanol–water partition coefficient (Wildman–Crippen LogP) is 2.40. The van der Waals surface area contributed by atoms with Gasteiger partial charge in [0.05, 0.1) is 11.3 Å². The molecular weight excluding hydrogens is 356 g/mol. The van der Waals surface area contributed by atoms with Crippen molar-refractivity contribution in [3.05, 3.63) is 59.1 Å². The average molecular weight is 371 g/mol. The molecule has 2 aromatic heterocycles. The van der Waals surface area contributed by atoms with Crippen LogP contribution in [0.2, 0.25) is 0 Å². The number of hydrogen-bond donors (Lipinski definition) is 3. The first kappa shape index (κ1) is 16.9. The molecule has 0 fully saturated rings. The maximum atomic E-state index is 14.2. The van der Waals surface area contributed by atoms with Crippen LogP contribution in [0.15, 0.2) is 40.1 Å². The van der Waals surface area contributed by atoms with Crippen molar-refractivity contribution in [2.45, 2.75) is 13.8 Å². The zero-order chi connectivity index (χ0) is 19.1. The van der Waals surface area contributed by atoms with Crippen molar-refractivity contribution in [2.75, 3.05) is 10.7 Å². The van der Waals surface area contributed by atoms with E-state index in [9.17, 15) is 8.78 Å². The van der Waals surface area contributed by atoms with E-state index < -0.39 is 11.6 Å². The highest BCUT2D eigenvalue weighted by Gasteiger charge is 2.27. The third-order valence-electron chi connectivity index (χ3n) is 4.19. The molecule has 8 nitrogen and oxygen atoms in total. The van der Waals surface area contributed by atoms with E-state index in [-0.39, 0.29) is 17.3 Å². The van der Waals surface area contributed by atoms with Crippen LogP contribution in [0.1, 0.15) is 17.0 Å². The summed E-state index contributed by atoms with van der Waals surface area (Å²) in [6, 6.07) is 5.59. The number of nitrogen functional groups attached to an aromatic ring is 1. The van der Waals surface area contributed by atoms with E-state index in [4.69, 9.17) is 10.3 Å². The maximum absolute atomic E-state index is 14.2. The second-order valence-electron chi connectivity index (χ2n) is 5.92. The number of halogens is 2. The Morgan fingerprint density at radius 1 is 1.22 bits per heavy atom. The zero-order valence-electron chi connectivity index (χ0n) is 14.4. The second kappa shape index (κ2) is 6.32. The summed E-state index contributed by atoms with van der Waals surface area (Å²) in [5.74, 6) is -0.955. The largest absolute Gasteiger partial charge is 0.383 e. The molecule has 1 aliphatic heterocycles. The molecule has 0 saturated heterocycles. The molecule has 0 bridgehead atoms. The lowest BCUT2D eigenvalue weighted by Crippen LogP contribution is -2.42. The Morgan fingerprint density at radius 3 is 2.78 bits per heavy atom. The number of aryl methyl sites for hydroxylation is 2. The second-order valence-corrected chi connectivity index (χ2v) is 5.92. The Bertz CT molecular complexity index is 1040. The molecule has 138 valence electrons. The summed E-state index contributed by atoms with van der Waals surface area (Å²) in [4.78, 5) is 4.21. The molecule has 0 radical (unpaired) electrons. The van der Waals surface area contributed by atoms with Crippen molar-refractivity contribution in [2.24, 2.45) is 5.10 Å². The summed E-state index contributed by atoms with van der Waals surface area (Å²) in [6.07, 6.45) is 1.59. The molecule has 1 aliphatic rings. The van der Waals surface area contributed by atoms with E-state index >= 15 is 0 Å². The molecule has 0 atom stereocenters. The molecule has 0 saturated carbocycles. The number of hydrazone groups is 1. The highest BCUT2D eigenvalue weighted by Crippen LogP contribution is 2.30. The fourth-order valence-corrected chi connectivity index (χ4v) is 2.94. The van der Waals surface area contributed by atoms with Gasteiger partial charge in [0.25, 0.3) is 0 Å². The molecule has 1 aromatic carbocycles. The fourth-order valence-electron chi connectivity index (χ4n) is 2.94. The Labute approximate surface area is 152 Å². The quantitative estimate of drug-likeness (QED) is 0.649. The van der Waals surface area contributed by atoms with Gasteiger partial charge in [0.1, 0.15) is 17.3 Å². The van der Waals surface area contributed by atoms with Crippen LogP contribution in [-0.2, 0) is 0 Å². The van der Waals surface area contributed by atoms with Crippen LogP contribution in [0.5, 0.6) is 0 Å². The van der Waals surface area contributed by atoms with Gasteiger partial charge in [-0.25, -0.2) is 24.3 Å². The minimum absolute atomic E-state index is 0.0547. The van der Waals surface area contributed by atoms with Gasteiger partial charge in [-0.05, 0) is 32.0 Å². The van der Waals surface area contributed by atoms with Crippen molar-refractivity contribution < 1.29 is 13.3 Å². The first-order valence-corrected chi connectivity index (χ1v) is 7.99. The number of hydrogen-bond acceptors (Lipinski definition) is 8. The van der Waals surface area contributed by atoms with Gasteiger partial charge in [0, 0.05) is 17.3 Å². The van der Waals surface area contributed by atoms with E-state index in [1.807, 2.05) is 6.92 Å². The third kappa shape index (κ3) is 2.75. The topological polar surface area (TPSA) is 105 Å². The zero-order valence-corrected chi connectivity index (χ0v) is 14.4. The van der Waals surface area contributed by atoms with Crippen molar-refractivity contribution in [1.82, 2.24) is 21.2 Å². The Kier molecular flexibility index (Phi) is 3.96. The molecule has 0 unspecified atom stereocenters. The Balaban J connectivity index is 1.81. The fraction of sp³-hybridized carbons (Fsp3) is 0.118. The molecule has 4 rings (SSSR count). The smallest absolute Gasteiger partial charge is 0.184 e. The molecule has 3 heterocycles.